The molecule has 8 heteroatoms. The zero-order valence-corrected chi connectivity index (χ0v) is 16.9. The Morgan fingerprint density at radius 3 is 2.52 bits per heavy atom. The first-order chi connectivity index (χ1) is 12.8. The van der Waals surface area contributed by atoms with E-state index in [1.807, 2.05) is 24.8 Å². The lowest BCUT2D eigenvalue weighted by atomic mass is 9.85. The minimum Gasteiger partial charge on any atom is -0.390 e. The van der Waals surface area contributed by atoms with Gasteiger partial charge in [-0.25, -0.2) is 9.97 Å². The van der Waals surface area contributed by atoms with Gasteiger partial charge in [0.1, 0.15) is 5.69 Å². The van der Waals surface area contributed by atoms with Crippen LogP contribution in [-0.4, -0.2) is 44.9 Å². The molecule has 1 aliphatic heterocycles. The lowest BCUT2D eigenvalue weighted by molar-refractivity contribution is -0.00324. The van der Waals surface area contributed by atoms with Gasteiger partial charge in [-0.3, -0.25) is 0 Å². The molecule has 4 N–H and O–H groups in total. The Hall–Kier alpha value is -1.44. The molecule has 1 fully saturated rings. The number of nitrogens with two attached hydrogens (primary N) is 1. The van der Waals surface area contributed by atoms with Gasteiger partial charge in [-0.05, 0) is 32.8 Å². The summed E-state index contributed by atoms with van der Waals surface area (Å²) in [7, 11) is 0. The van der Waals surface area contributed by atoms with E-state index in [2.05, 4.69) is 4.98 Å². The number of aryl methyl sites for hydroxylation is 1. The minimum atomic E-state index is -0.868. The summed E-state index contributed by atoms with van der Waals surface area (Å²) in [6.45, 7) is 4.61. The Labute approximate surface area is 169 Å². The number of hydrogen-bond acceptors (Lipinski definition) is 6. The number of aromatic nitrogens is 2. The maximum Gasteiger partial charge on any atom is 0.153 e. The van der Waals surface area contributed by atoms with Crippen LogP contribution in [0.1, 0.15) is 31.2 Å². The molecule has 2 heterocycles. The first-order valence-electron chi connectivity index (χ1n) is 8.92. The van der Waals surface area contributed by atoms with E-state index < -0.39 is 5.60 Å². The van der Waals surface area contributed by atoms with Crippen LogP contribution in [0.4, 0.5) is 5.82 Å². The number of piperidine rings is 1. The molecule has 1 aromatic carbocycles. The molecule has 0 spiro atoms. The second-order valence-electron chi connectivity index (χ2n) is 7.07. The quantitative estimate of drug-likeness (QED) is 0.716. The van der Waals surface area contributed by atoms with Crippen molar-refractivity contribution in [1.82, 2.24) is 9.97 Å². The zero-order valence-electron chi connectivity index (χ0n) is 15.4. The SMILES string of the molecule is Cc1nc(N2CCC(O)(C(C)N)CC2)c(CO)nc1-c1cccc(Cl)c1Cl. The summed E-state index contributed by atoms with van der Waals surface area (Å²) in [5.74, 6) is 0.628. The number of halogens is 2. The highest BCUT2D eigenvalue weighted by Crippen LogP contribution is 2.35. The number of rotatable bonds is 4. The van der Waals surface area contributed by atoms with Gasteiger partial charge in [-0.2, -0.15) is 0 Å². The molecular formula is C19H24Cl2N4O2. The number of aliphatic hydroxyl groups is 2. The van der Waals surface area contributed by atoms with Gasteiger partial charge < -0.3 is 20.8 Å². The Balaban J connectivity index is 1.95. The molecule has 1 unspecified atom stereocenters. The van der Waals surface area contributed by atoms with Crippen LogP contribution in [0.25, 0.3) is 11.3 Å². The summed E-state index contributed by atoms with van der Waals surface area (Å²) < 4.78 is 0. The van der Waals surface area contributed by atoms with Gasteiger partial charge in [0.2, 0.25) is 0 Å². The van der Waals surface area contributed by atoms with Crippen molar-refractivity contribution in [1.29, 1.82) is 0 Å². The van der Waals surface area contributed by atoms with Gasteiger partial charge in [0.15, 0.2) is 5.82 Å². The predicted octanol–water partition coefficient (Wildman–Crippen LogP) is 2.93. The van der Waals surface area contributed by atoms with Crippen molar-refractivity contribution in [2.75, 3.05) is 18.0 Å². The Morgan fingerprint density at radius 1 is 1.26 bits per heavy atom. The molecule has 1 aliphatic rings. The van der Waals surface area contributed by atoms with E-state index in [9.17, 15) is 10.2 Å². The van der Waals surface area contributed by atoms with E-state index in [1.165, 1.54) is 0 Å². The molecule has 2 aromatic rings. The van der Waals surface area contributed by atoms with Crippen molar-refractivity contribution < 1.29 is 10.2 Å². The highest BCUT2D eigenvalue weighted by Gasteiger charge is 2.36. The summed E-state index contributed by atoms with van der Waals surface area (Å²) in [6.07, 6.45) is 1.08. The zero-order chi connectivity index (χ0) is 19.8. The average Bonchev–Trinajstić information content (AvgIpc) is 2.64. The van der Waals surface area contributed by atoms with E-state index >= 15 is 0 Å². The average molecular weight is 411 g/mol. The molecular weight excluding hydrogens is 387 g/mol. The van der Waals surface area contributed by atoms with Gasteiger partial charge in [0, 0.05) is 24.7 Å². The highest BCUT2D eigenvalue weighted by molar-refractivity contribution is 6.43. The van der Waals surface area contributed by atoms with Gasteiger partial charge in [-0.15, -0.1) is 0 Å². The smallest absolute Gasteiger partial charge is 0.153 e. The van der Waals surface area contributed by atoms with E-state index in [1.54, 1.807) is 12.1 Å². The van der Waals surface area contributed by atoms with Crippen LogP contribution in [0, 0.1) is 6.92 Å². The van der Waals surface area contributed by atoms with Crippen LogP contribution in [0.15, 0.2) is 18.2 Å². The van der Waals surface area contributed by atoms with Crippen LogP contribution >= 0.6 is 23.2 Å². The summed E-state index contributed by atoms with van der Waals surface area (Å²) in [5, 5.41) is 21.3. The normalized spacial score (nSPS) is 17.8. The minimum absolute atomic E-state index is 0.248. The largest absolute Gasteiger partial charge is 0.390 e. The molecule has 0 aliphatic carbocycles. The van der Waals surface area contributed by atoms with Gasteiger partial charge in [-0.1, -0.05) is 35.3 Å². The fourth-order valence-electron chi connectivity index (χ4n) is 3.40. The Morgan fingerprint density at radius 2 is 1.93 bits per heavy atom. The van der Waals surface area contributed by atoms with Crippen LogP contribution in [0.5, 0.6) is 0 Å². The Kier molecular flexibility index (Phi) is 5.93. The van der Waals surface area contributed by atoms with Crippen molar-refractivity contribution in [2.45, 2.75) is 44.9 Å². The fraction of sp³-hybridized carbons (Fsp3) is 0.474. The van der Waals surface area contributed by atoms with Gasteiger partial charge in [0.25, 0.3) is 0 Å². The fourth-order valence-corrected chi connectivity index (χ4v) is 3.79. The molecule has 1 saturated heterocycles. The van der Waals surface area contributed by atoms with Gasteiger partial charge in [0.05, 0.1) is 33.6 Å². The third-order valence-electron chi connectivity index (χ3n) is 5.25. The molecule has 3 rings (SSSR count). The predicted molar refractivity (Wildman–Crippen MR) is 108 cm³/mol. The number of anilines is 1. The molecule has 0 saturated carbocycles. The van der Waals surface area contributed by atoms with Crippen molar-refractivity contribution in [3.8, 4) is 11.3 Å². The van der Waals surface area contributed by atoms with E-state index in [0.29, 0.717) is 64.4 Å². The topological polar surface area (TPSA) is 95.5 Å². The van der Waals surface area contributed by atoms with Crippen molar-refractivity contribution in [3.05, 3.63) is 39.6 Å². The maximum absolute atomic E-state index is 10.6. The van der Waals surface area contributed by atoms with Crippen LogP contribution < -0.4 is 10.6 Å². The van der Waals surface area contributed by atoms with Crippen molar-refractivity contribution in [3.63, 3.8) is 0 Å². The summed E-state index contributed by atoms with van der Waals surface area (Å²) >= 11 is 12.5. The molecule has 1 atom stereocenters. The molecule has 0 bridgehead atoms. The molecule has 0 radical (unpaired) electrons. The Bertz CT molecular complexity index is 837. The van der Waals surface area contributed by atoms with E-state index in [-0.39, 0.29) is 12.6 Å². The first kappa shape index (κ1) is 20.3. The molecule has 1 aromatic heterocycles. The maximum atomic E-state index is 10.6. The number of benzene rings is 1. The van der Waals surface area contributed by atoms with Crippen molar-refractivity contribution >= 4 is 29.0 Å². The van der Waals surface area contributed by atoms with Crippen molar-refractivity contribution in [2.24, 2.45) is 5.73 Å². The van der Waals surface area contributed by atoms with E-state index in [0.717, 1.165) is 0 Å². The lowest BCUT2D eigenvalue weighted by Crippen LogP contribution is -2.54. The summed E-state index contributed by atoms with van der Waals surface area (Å²) in [4.78, 5) is 11.4. The molecule has 146 valence electrons. The second-order valence-corrected chi connectivity index (χ2v) is 7.85. The van der Waals surface area contributed by atoms with E-state index in [4.69, 9.17) is 33.9 Å². The first-order valence-corrected chi connectivity index (χ1v) is 9.68. The highest BCUT2D eigenvalue weighted by atomic mass is 35.5. The summed E-state index contributed by atoms with van der Waals surface area (Å²) in [5.41, 5.74) is 7.49. The molecule has 0 amide bonds. The van der Waals surface area contributed by atoms with Crippen LogP contribution in [0.3, 0.4) is 0 Å². The number of hydrogen-bond donors (Lipinski definition) is 3. The second kappa shape index (κ2) is 7.89. The molecule has 6 nitrogen and oxygen atoms in total. The number of nitrogens with zero attached hydrogens (tertiary/aromatic N) is 3. The lowest BCUT2D eigenvalue weighted by Gasteiger charge is -2.41. The van der Waals surface area contributed by atoms with Crippen LogP contribution in [0.2, 0.25) is 10.0 Å². The third-order valence-corrected chi connectivity index (χ3v) is 6.07. The molecule has 27 heavy (non-hydrogen) atoms. The monoisotopic (exact) mass is 410 g/mol. The summed E-state index contributed by atoms with van der Waals surface area (Å²) in [6, 6.07) is 5.05. The standard InChI is InChI=1S/C19H24Cl2N4O2/c1-11-17(13-4-3-5-14(20)16(13)21)24-15(10-26)18(23-11)25-8-6-19(27,7-9-25)12(2)22/h3-5,12,26-27H,6-10,22H2,1-2H3. The number of aliphatic hydroxyl groups excluding tert-OH is 1. The third kappa shape index (κ3) is 3.91. The van der Waals surface area contributed by atoms with Gasteiger partial charge >= 0.3 is 0 Å². The van der Waals surface area contributed by atoms with Crippen LogP contribution in [-0.2, 0) is 6.61 Å².